The Morgan fingerprint density at radius 1 is 1.19 bits per heavy atom. The molecule has 7 heteroatoms. The Balaban J connectivity index is 1.91. The van der Waals surface area contributed by atoms with Gasteiger partial charge in [0.05, 0.1) is 16.2 Å². The van der Waals surface area contributed by atoms with Crippen LogP contribution in [0, 0.1) is 6.92 Å². The SMILES string of the molecule is CCc1cc2c(c(OCC3=COC(C)(C)O3)n1)c(=O)cc(C)n2-c1c(Cl)cccc1CC. The Morgan fingerprint density at radius 3 is 2.62 bits per heavy atom. The van der Waals surface area contributed by atoms with Crippen LogP contribution in [0.3, 0.4) is 0 Å². The van der Waals surface area contributed by atoms with E-state index in [2.05, 4.69) is 18.0 Å². The molecule has 32 heavy (non-hydrogen) atoms. The van der Waals surface area contributed by atoms with E-state index in [0.29, 0.717) is 22.6 Å². The number of nitrogens with zero attached hydrogens (tertiary/aromatic N) is 2. The van der Waals surface area contributed by atoms with Gasteiger partial charge >= 0.3 is 0 Å². The van der Waals surface area contributed by atoms with Crippen molar-refractivity contribution < 1.29 is 14.2 Å². The summed E-state index contributed by atoms with van der Waals surface area (Å²) in [6.07, 6.45) is 3.03. The number of halogens is 1. The Kier molecular flexibility index (Phi) is 5.91. The van der Waals surface area contributed by atoms with Crippen LogP contribution in [0.5, 0.6) is 5.88 Å². The zero-order valence-electron chi connectivity index (χ0n) is 19.0. The lowest BCUT2D eigenvalue weighted by Gasteiger charge is -2.21. The number of hydrogen-bond donors (Lipinski definition) is 0. The number of rotatable bonds is 6. The quantitative estimate of drug-likeness (QED) is 0.493. The molecule has 0 N–H and O–H groups in total. The molecule has 3 heterocycles. The minimum atomic E-state index is -0.732. The van der Waals surface area contributed by atoms with Crippen LogP contribution in [-0.2, 0) is 22.3 Å². The topological polar surface area (TPSA) is 62.6 Å². The van der Waals surface area contributed by atoms with E-state index < -0.39 is 5.79 Å². The van der Waals surface area contributed by atoms with E-state index in [1.807, 2.05) is 50.5 Å². The van der Waals surface area contributed by atoms with E-state index in [9.17, 15) is 4.79 Å². The normalized spacial score (nSPS) is 14.8. The van der Waals surface area contributed by atoms with Crippen molar-refractivity contribution in [2.24, 2.45) is 0 Å². The summed E-state index contributed by atoms with van der Waals surface area (Å²) in [6, 6.07) is 9.40. The average molecular weight is 455 g/mol. The molecular formula is C25H27ClN2O4. The number of para-hydroxylation sites is 1. The van der Waals surface area contributed by atoms with Gasteiger partial charge in [0.1, 0.15) is 11.6 Å². The third kappa shape index (κ3) is 4.07. The second kappa shape index (κ2) is 8.51. The zero-order valence-corrected chi connectivity index (χ0v) is 19.7. The van der Waals surface area contributed by atoms with Gasteiger partial charge in [-0.15, -0.1) is 0 Å². The minimum absolute atomic E-state index is 0.109. The number of aromatic nitrogens is 2. The average Bonchev–Trinajstić information content (AvgIpc) is 3.11. The fourth-order valence-electron chi connectivity index (χ4n) is 3.94. The third-order valence-corrected chi connectivity index (χ3v) is 5.74. The van der Waals surface area contributed by atoms with Crippen molar-refractivity contribution in [3.63, 3.8) is 0 Å². The number of aryl methyl sites for hydroxylation is 3. The number of ether oxygens (including phenoxy) is 3. The predicted molar refractivity (Wildman–Crippen MR) is 126 cm³/mol. The van der Waals surface area contributed by atoms with Gasteiger partial charge < -0.3 is 18.8 Å². The fraction of sp³-hybridized carbons (Fsp3) is 0.360. The molecule has 1 aliphatic heterocycles. The Bertz CT molecular complexity index is 1280. The number of pyridine rings is 2. The summed E-state index contributed by atoms with van der Waals surface area (Å²) in [5.41, 5.74) is 4.14. The summed E-state index contributed by atoms with van der Waals surface area (Å²) in [5, 5.41) is 1.03. The van der Waals surface area contributed by atoms with Crippen LogP contribution in [0.15, 0.2) is 47.1 Å². The molecule has 3 aromatic rings. The summed E-state index contributed by atoms with van der Waals surface area (Å²) < 4.78 is 19.2. The van der Waals surface area contributed by atoms with Crippen molar-refractivity contribution >= 4 is 22.5 Å². The molecule has 0 atom stereocenters. The lowest BCUT2D eigenvalue weighted by Crippen LogP contribution is -2.21. The standard InChI is InChI=1S/C25H27ClN2O4/c1-6-16-9-8-10-19(26)23(16)28-15(3)11-21(29)22-20(28)12-17(7-2)27-24(22)30-13-18-14-31-25(4,5)32-18/h8-12,14H,6-7,13H2,1-5H3. The highest BCUT2D eigenvalue weighted by Gasteiger charge is 2.28. The van der Waals surface area contributed by atoms with Crippen LogP contribution in [0.1, 0.15) is 44.6 Å². The maximum absolute atomic E-state index is 13.1. The first-order chi connectivity index (χ1) is 15.2. The maximum Gasteiger partial charge on any atom is 0.244 e. The van der Waals surface area contributed by atoms with Gasteiger partial charge in [-0.25, -0.2) is 4.98 Å². The molecular weight excluding hydrogens is 428 g/mol. The Labute approximate surface area is 192 Å². The van der Waals surface area contributed by atoms with Crippen molar-refractivity contribution in [1.29, 1.82) is 0 Å². The molecule has 1 aliphatic rings. The largest absolute Gasteiger partial charge is 0.469 e. The van der Waals surface area contributed by atoms with Gasteiger partial charge in [0.15, 0.2) is 17.8 Å². The van der Waals surface area contributed by atoms with Gasteiger partial charge in [0, 0.05) is 31.3 Å². The molecule has 168 valence electrons. The van der Waals surface area contributed by atoms with Crippen LogP contribution in [0.2, 0.25) is 5.02 Å². The van der Waals surface area contributed by atoms with Crippen LogP contribution < -0.4 is 10.2 Å². The van der Waals surface area contributed by atoms with Crippen LogP contribution in [0.4, 0.5) is 0 Å². The highest BCUT2D eigenvalue weighted by Crippen LogP contribution is 2.32. The second-order valence-electron chi connectivity index (χ2n) is 8.25. The molecule has 6 nitrogen and oxygen atoms in total. The summed E-state index contributed by atoms with van der Waals surface area (Å²) in [4.78, 5) is 17.7. The molecule has 2 aromatic heterocycles. The van der Waals surface area contributed by atoms with Crippen molar-refractivity contribution in [3.8, 4) is 11.6 Å². The van der Waals surface area contributed by atoms with E-state index in [1.165, 1.54) is 6.26 Å². The maximum atomic E-state index is 13.1. The third-order valence-electron chi connectivity index (χ3n) is 5.44. The highest BCUT2D eigenvalue weighted by molar-refractivity contribution is 6.32. The molecule has 0 spiro atoms. The molecule has 0 saturated carbocycles. The first-order valence-electron chi connectivity index (χ1n) is 10.8. The van der Waals surface area contributed by atoms with Crippen molar-refractivity contribution in [3.05, 3.63) is 74.6 Å². The smallest absolute Gasteiger partial charge is 0.244 e. The molecule has 0 aliphatic carbocycles. The van der Waals surface area contributed by atoms with Crippen molar-refractivity contribution in [2.45, 2.75) is 53.2 Å². The number of benzene rings is 1. The minimum Gasteiger partial charge on any atom is -0.469 e. The molecule has 0 bridgehead atoms. The van der Waals surface area contributed by atoms with E-state index >= 15 is 0 Å². The Morgan fingerprint density at radius 2 is 1.97 bits per heavy atom. The molecule has 1 aromatic carbocycles. The molecule has 0 saturated heterocycles. The van der Waals surface area contributed by atoms with Gasteiger partial charge in [-0.3, -0.25) is 4.79 Å². The van der Waals surface area contributed by atoms with Gasteiger partial charge in [-0.2, -0.15) is 0 Å². The van der Waals surface area contributed by atoms with E-state index in [0.717, 1.165) is 34.6 Å². The summed E-state index contributed by atoms with van der Waals surface area (Å²) in [7, 11) is 0. The van der Waals surface area contributed by atoms with E-state index in [-0.39, 0.29) is 17.9 Å². The highest BCUT2D eigenvalue weighted by atomic mass is 35.5. The monoisotopic (exact) mass is 454 g/mol. The molecule has 0 amide bonds. The Hall–Kier alpha value is -2.99. The second-order valence-corrected chi connectivity index (χ2v) is 8.65. The van der Waals surface area contributed by atoms with Gasteiger partial charge in [0.25, 0.3) is 0 Å². The van der Waals surface area contributed by atoms with Crippen LogP contribution >= 0.6 is 11.6 Å². The number of fused-ring (bicyclic) bond motifs is 1. The van der Waals surface area contributed by atoms with Crippen molar-refractivity contribution in [1.82, 2.24) is 9.55 Å². The molecule has 0 fully saturated rings. The summed E-state index contributed by atoms with van der Waals surface area (Å²) in [6.45, 7) is 9.76. The first-order valence-corrected chi connectivity index (χ1v) is 11.1. The predicted octanol–water partition coefficient (Wildman–Crippen LogP) is 5.48. The number of hydrogen-bond acceptors (Lipinski definition) is 5. The fourth-order valence-corrected chi connectivity index (χ4v) is 4.21. The molecule has 0 radical (unpaired) electrons. The van der Waals surface area contributed by atoms with Crippen molar-refractivity contribution in [2.75, 3.05) is 6.61 Å². The van der Waals surface area contributed by atoms with Gasteiger partial charge in [0.2, 0.25) is 11.7 Å². The van der Waals surface area contributed by atoms with Gasteiger partial charge in [-0.1, -0.05) is 37.6 Å². The van der Waals surface area contributed by atoms with Gasteiger partial charge in [-0.05, 0) is 37.5 Å². The lowest BCUT2D eigenvalue weighted by atomic mass is 10.1. The van der Waals surface area contributed by atoms with E-state index in [1.54, 1.807) is 6.07 Å². The zero-order chi connectivity index (χ0) is 23.0. The van der Waals surface area contributed by atoms with Crippen LogP contribution in [0.25, 0.3) is 16.6 Å². The summed E-state index contributed by atoms with van der Waals surface area (Å²) in [5.74, 6) is 0.0836. The van der Waals surface area contributed by atoms with Crippen LogP contribution in [-0.4, -0.2) is 21.9 Å². The summed E-state index contributed by atoms with van der Waals surface area (Å²) >= 11 is 6.66. The molecule has 4 rings (SSSR count). The molecule has 0 unspecified atom stereocenters. The lowest BCUT2D eigenvalue weighted by molar-refractivity contribution is -0.119. The van der Waals surface area contributed by atoms with E-state index in [4.69, 9.17) is 25.8 Å². The first kappa shape index (κ1) is 22.2.